The predicted molar refractivity (Wildman–Crippen MR) is 131 cm³/mol. The van der Waals surface area contributed by atoms with Gasteiger partial charge < -0.3 is 14.6 Å². The number of likely N-dealkylation sites (tertiary alicyclic amines) is 1. The number of aryl methyl sites for hydroxylation is 1. The molecule has 3 aromatic rings. The van der Waals surface area contributed by atoms with Gasteiger partial charge in [-0.1, -0.05) is 17.7 Å². The Kier molecular flexibility index (Phi) is 6.59. The summed E-state index contributed by atoms with van der Waals surface area (Å²) in [5.41, 5.74) is 4.67. The van der Waals surface area contributed by atoms with E-state index >= 15 is 0 Å². The topological polar surface area (TPSA) is 114 Å². The van der Waals surface area contributed by atoms with Crippen molar-refractivity contribution < 1.29 is 14.7 Å². The van der Waals surface area contributed by atoms with Crippen LogP contribution in [0.1, 0.15) is 59.9 Å². The van der Waals surface area contributed by atoms with Crippen LogP contribution >= 0.6 is 11.6 Å². The van der Waals surface area contributed by atoms with Crippen LogP contribution in [-0.4, -0.2) is 59.7 Å². The third-order valence-electron chi connectivity index (χ3n) is 6.45. The molecule has 1 fully saturated rings. The van der Waals surface area contributed by atoms with Crippen molar-refractivity contribution in [1.82, 2.24) is 29.6 Å². The summed E-state index contributed by atoms with van der Waals surface area (Å²) < 4.78 is 1.91. The highest BCUT2D eigenvalue weighted by atomic mass is 35.5. The Morgan fingerprint density at radius 3 is 2.54 bits per heavy atom. The van der Waals surface area contributed by atoms with Crippen LogP contribution in [0.5, 0.6) is 0 Å². The molecule has 9 nitrogen and oxygen atoms in total. The van der Waals surface area contributed by atoms with Crippen molar-refractivity contribution in [2.24, 2.45) is 0 Å². The van der Waals surface area contributed by atoms with Gasteiger partial charge in [-0.25, -0.2) is 9.97 Å². The summed E-state index contributed by atoms with van der Waals surface area (Å²) in [5, 5.41) is 17.4. The first kappa shape index (κ1) is 23.2. The SMILES string of the molecule is O=C(O)CCCCc1nc2cc(C(=O)N3CC(n4cnnc4)C3)ccc2nc1C1=CC=C(Cl)CC1. The van der Waals surface area contributed by atoms with Crippen LogP contribution in [0.25, 0.3) is 16.6 Å². The molecule has 1 aliphatic heterocycles. The van der Waals surface area contributed by atoms with E-state index < -0.39 is 5.97 Å². The van der Waals surface area contributed by atoms with Crippen LogP contribution in [0, 0.1) is 0 Å². The fraction of sp³-hybridized carbons (Fsp3) is 0.360. The lowest BCUT2D eigenvalue weighted by molar-refractivity contribution is -0.137. The van der Waals surface area contributed by atoms with Gasteiger partial charge in [-0.15, -0.1) is 10.2 Å². The number of hydrogen-bond acceptors (Lipinski definition) is 6. The van der Waals surface area contributed by atoms with Gasteiger partial charge in [0.05, 0.1) is 28.5 Å². The number of amides is 1. The number of rotatable bonds is 8. The normalized spacial score (nSPS) is 16.1. The van der Waals surface area contributed by atoms with E-state index in [4.69, 9.17) is 26.7 Å². The molecular weight excluding hydrogens is 468 g/mol. The molecule has 3 heterocycles. The van der Waals surface area contributed by atoms with E-state index in [1.807, 2.05) is 22.8 Å². The minimum absolute atomic E-state index is 0.0418. The van der Waals surface area contributed by atoms with Gasteiger partial charge in [-0.2, -0.15) is 0 Å². The number of carbonyl (C=O) groups excluding carboxylic acids is 1. The number of hydrogen-bond donors (Lipinski definition) is 1. The average Bonchev–Trinajstić information content (AvgIpc) is 3.35. The molecular formula is C25H25ClN6O3. The van der Waals surface area contributed by atoms with Gasteiger partial charge >= 0.3 is 5.97 Å². The van der Waals surface area contributed by atoms with E-state index in [1.165, 1.54) is 0 Å². The quantitative estimate of drug-likeness (QED) is 0.472. The summed E-state index contributed by atoms with van der Waals surface area (Å²) >= 11 is 6.15. The van der Waals surface area contributed by atoms with Crippen LogP contribution in [0.15, 0.2) is 48.0 Å². The Labute approximate surface area is 207 Å². The van der Waals surface area contributed by atoms with Crippen LogP contribution < -0.4 is 0 Å². The van der Waals surface area contributed by atoms with Crippen LogP contribution in [-0.2, 0) is 11.2 Å². The molecule has 0 radical (unpaired) electrons. The van der Waals surface area contributed by atoms with Crippen molar-refractivity contribution in [3.8, 4) is 0 Å². The van der Waals surface area contributed by atoms with Crippen molar-refractivity contribution in [3.05, 3.63) is 65.0 Å². The van der Waals surface area contributed by atoms with Crippen molar-refractivity contribution in [3.63, 3.8) is 0 Å². The molecule has 35 heavy (non-hydrogen) atoms. The molecule has 0 spiro atoms. The second kappa shape index (κ2) is 9.95. The van der Waals surface area contributed by atoms with Gasteiger partial charge in [0, 0.05) is 30.1 Å². The Morgan fingerprint density at radius 2 is 1.83 bits per heavy atom. The van der Waals surface area contributed by atoms with Crippen molar-refractivity contribution >= 4 is 40.1 Å². The van der Waals surface area contributed by atoms with E-state index in [0.29, 0.717) is 43.4 Å². The lowest BCUT2D eigenvalue weighted by Crippen LogP contribution is -2.50. The largest absolute Gasteiger partial charge is 0.481 e. The fourth-order valence-corrected chi connectivity index (χ4v) is 4.58. The lowest BCUT2D eigenvalue weighted by Gasteiger charge is -2.39. The van der Waals surface area contributed by atoms with Crippen molar-refractivity contribution in [2.75, 3.05) is 13.1 Å². The van der Waals surface area contributed by atoms with Gasteiger partial charge in [0.15, 0.2) is 0 Å². The van der Waals surface area contributed by atoms with Crippen molar-refractivity contribution in [2.45, 2.75) is 44.6 Å². The lowest BCUT2D eigenvalue weighted by atomic mass is 9.97. The number of benzene rings is 1. The number of unbranched alkanes of at least 4 members (excludes halogenated alkanes) is 1. The number of aromatic nitrogens is 5. The molecule has 10 heteroatoms. The van der Waals surface area contributed by atoms with Crippen molar-refractivity contribution in [1.29, 1.82) is 0 Å². The first-order valence-electron chi connectivity index (χ1n) is 11.7. The number of halogens is 1. The summed E-state index contributed by atoms with van der Waals surface area (Å²) in [6.45, 7) is 1.22. The number of aliphatic carboxylic acids is 1. The maximum atomic E-state index is 13.0. The number of carboxylic acid groups (broad SMARTS) is 1. The number of nitrogens with zero attached hydrogens (tertiary/aromatic N) is 6. The standard InChI is InChI=1S/C25H25ClN6O3/c26-18-8-5-16(6-9-18)24-21(3-1-2-4-23(33)34)29-22-11-17(7-10-20(22)30-24)25(35)31-12-19(13-31)32-14-27-28-15-32/h5,7-8,10-11,14-15,19H,1-4,6,9,12-13H2,(H,33,34). The summed E-state index contributed by atoms with van der Waals surface area (Å²) in [6, 6.07) is 5.64. The zero-order chi connectivity index (χ0) is 24.4. The van der Waals surface area contributed by atoms with E-state index in [2.05, 4.69) is 10.2 Å². The van der Waals surface area contributed by atoms with Gasteiger partial charge in [-0.05, 0) is 62.0 Å². The highest BCUT2D eigenvalue weighted by molar-refractivity contribution is 6.29. The maximum Gasteiger partial charge on any atom is 0.303 e. The monoisotopic (exact) mass is 492 g/mol. The van der Waals surface area contributed by atoms with Gasteiger partial charge in [0.2, 0.25) is 0 Å². The summed E-state index contributed by atoms with van der Waals surface area (Å²) in [4.78, 5) is 35.5. The molecule has 0 bridgehead atoms. The molecule has 2 aromatic heterocycles. The molecule has 1 aromatic carbocycles. The summed E-state index contributed by atoms with van der Waals surface area (Å²) in [7, 11) is 0. The van der Waals surface area contributed by atoms with E-state index in [9.17, 15) is 9.59 Å². The fourth-order valence-electron chi connectivity index (χ4n) is 4.42. The molecule has 1 saturated heterocycles. The second-order valence-electron chi connectivity index (χ2n) is 8.90. The summed E-state index contributed by atoms with van der Waals surface area (Å²) in [5.74, 6) is -0.842. The van der Waals surface area contributed by atoms with Gasteiger partial charge in [0.25, 0.3) is 5.91 Å². The highest BCUT2D eigenvalue weighted by Gasteiger charge is 2.32. The number of carbonyl (C=O) groups is 2. The first-order chi connectivity index (χ1) is 17.0. The van der Waals surface area contributed by atoms with Crippen LogP contribution in [0.4, 0.5) is 0 Å². The smallest absolute Gasteiger partial charge is 0.303 e. The Balaban J connectivity index is 1.39. The molecule has 0 saturated carbocycles. The predicted octanol–water partition coefficient (Wildman–Crippen LogP) is 4.02. The summed E-state index contributed by atoms with van der Waals surface area (Å²) in [6.07, 6.45) is 10.7. The zero-order valence-electron chi connectivity index (χ0n) is 19.1. The van der Waals surface area contributed by atoms with E-state index in [1.54, 1.807) is 29.7 Å². The molecule has 2 aliphatic rings. The van der Waals surface area contributed by atoms with E-state index in [0.717, 1.165) is 40.4 Å². The highest BCUT2D eigenvalue weighted by Crippen LogP contribution is 2.31. The van der Waals surface area contributed by atoms with Crippen LogP contribution in [0.2, 0.25) is 0 Å². The Hall–Kier alpha value is -3.59. The minimum atomic E-state index is -0.801. The number of fused-ring (bicyclic) bond motifs is 1. The number of allylic oxidation sites excluding steroid dienone is 4. The maximum absolute atomic E-state index is 13.0. The second-order valence-corrected chi connectivity index (χ2v) is 9.39. The molecule has 180 valence electrons. The molecule has 0 unspecified atom stereocenters. The molecule has 1 aliphatic carbocycles. The zero-order valence-corrected chi connectivity index (χ0v) is 19.9. The Bertz CT molecular complexity index is 1330. The molecule has 1 amide bonds. The van der Waals surface area contributed by atoms with Crippen LogP contribution in [0.3, 0.4) is 0 Å². The molecule has 5 rings (SSSR count). The molecule has 0 atom stereocenters. The van der Waals surface area contributed by atoms with E-state index in [-0.39, 0.29) is 18.4 Å². The third kappa shape index (κ3) is 5.09. The number of carboxylic acids is 1. The third-order valence-corrected chi connectivity index (χ3v) is 6.76. The molecule has 1 N–H and O–H groups in total. The van der Waals surface area contributed by atoms with Gasteiger partial charge in [0.1, 0.15) is 12.7 Å². The average molecular weight is 493 g/mol. The minimum Gasteiger partial charge on any atom is -0.481 e. The Morgan fingerprint density at radius 1 is 1.03 bits per heavy atom. The van der Waals surface area contributed by atoms with Gasteiger partial charge in [-0.3, -0.25) is 9.59 Å². The first-order valence-corrected chi connectivity index (χ1v) is 12.1.